The zero-order valence-corrected chi connectivity index (χ0v) is 8.08. The molecule has 2 aromatic carbocycles. The van der Waals surface area contributed by atoms with Gasteiger partial charge in [-0.25, -0.2) is 13.2 Å². The lowest BCUT2D eigenvalue weighted by Gasteiger charge is -2.06. The van der Waals surface area contributed by atoms with Crippen LogP contribution in [0.4, 0.5) is 13.2 Å². The maximum Gasteiger partial charge on any atom is 0.165 e. The summed E-state index contributed by atoms with van der Waals surface area (Å²) in [5.74, 6) is -2.29. The van der Waals surface area contributed by atoms with Gasteiger partial charge in [-0.3, -0.25) is 0 Å². The molecule has 2 aromatic rings. The first-order valence-corrected chi connectivity index (χ1v) is 4.53. The molecular formula is C12H7F3O. The third-order valence-corrected chi connectivity index (χ3v) is 1.90. The van der Waals surface area contributed by atoms with Crippen LogP contribution in [0.25, 0.3) is 0 Å². The second kappa shape index (κ2) is 4.26. The van der Waals surface area contributed by atoms with Crippen LogP contribution in [0.2, 0.25) is 0 Å². The molecule has 0 spiro atoms. The Hall–Kier alpha value is -1.97. The Balaban J connectivity index is 2.30. The van der Waals surface area contributed by atoms with Gasteiger partial charge in [-0.1, -0.05) is 12.1 Å². The molecule has 0 bridgehead atoms. The number of hydrogen-bond acceptors (Lipinski definition) is 1. The lowest BCUT2D eigenvalue weighted by molar-refractivity contribution is 0.434. The molecule has 0 saturated heterocycles. The highest BCUT2D eigenvalue weighted by Gasteiger charge is 2.06. The molecule has 0 heterocycles. The number of ether oxygens (including phenoxy) is 1. The van der Waals surface area contributed by atoms with Crippen LogP contribution in [0.5, 0.6) is 11.5 Å². The van der Waals surface area contributed by atoms with Gasteiger partial charge in [0.15, 0.2) is 11.6 Å². The SMILES string of the molecule is Fc1cc(F)cc(Oc2ccccc2F)c1. The molecule has 0 amide bonds. The van der Waals surface area contributed by atoms with Crippen LogP contribution in [-0.2, 0) is 0 Å². The molecule has 82 valence electrons. The van der Waals surface area contributed by atoms with Crippen LogP contribution in [0, 0.1) is 17.5 Å². The molecule has 0 aromatic heterocycles. The highest BCUT2D eigenvalue weighted by Crippen LogP contribution is 2.25. The largest absolute Gasteiger partial charge is 0.454 e. The summed E-state index contributed by atoms with van der Waals surface area (Å²) < 4.78 is 43.8. The number of rotatable bonds is 2. The van der Waals surface area contributed by atoms with E-state index in [9.17, 15) is 13.2 Å². The van der Waals surface area contributed by atoms with E-state index >= 15 is 0 Å². The Labute approximate surface area is 90.1 Å². The van der Waals surface area contributed by atoms with E-state index in [1.165, 1.54) is 18.2 Å². The monoisotopic (exact) mass is 224 g/mol. The van der Waals surface area contributed by atoms with Crippen molar-refractivity contribution in [2.75, 3.05) is 0 Å². The second-order valence-electron chi connectivity index (χ2n) is 3.14. The first-order chi connectivity index (χ1) is 7.65. The molecule has 0 aliphatic heterocycles. The summed E-state index contributed by atoms with van der Waals surface area (Å²) in [5.41, 5.74) is 0. The van der Waals surface area contributed by atoms with Gasteiger partial charge in [0, 0.05) is 18.2 Å². The molecule has 4 heteroatoms. The molecular weight excluding hydrogens is 217 g/mol. The number of benzene rings is 2. The van der Waals surface area contributed by atoms with Crippen molar-refractivity contribution < 1.29 is 17.9 Å². The van der Waals surface area contributed by atoms with Gasteiger partial charge in [0.25, 0.3) is 0 Å². The summed E-state index contributed by atoms with van der Waals surface area (Å²) in [4.78, 5) is 0. The molecule has 0 fully saturated rings. The summed E-state index contributed by atoms with van der Waals surface area (Å²) in [6, 6.07) is 8.31. The van der Waals surface area contributed by atoms with Gasteiger partial charge < -0.3 is 4.74 Å². The van der Waals surface area contributed by atoms with Gasteiger partial charge in [0.2, 0.25) is 0 Å². The maximum atomic E-state index is 13.2. The fraction of sp³-hybridized carbons (Fsp3) is 0. The molecule has 0 saturated carbocycles. The Morgan fingerprint density at radius 3 is 2.06 bits per heavy atom. The lowest BCUT2D eigenvalue weighted by Crippen LogP contribution is -1.89. The summed E-state index contributed by atoms with van der Waals surface area (Å²) in [7, 11) is 0. The zero-order chi connectivity index (χ0) is 11.5. The summed E-state index contributed by atoms with van der Waals surface area (Å²) >= 11 is 0. The Morgan fingerprint density at radius 2 is 1.44 bits per heavy atom. The normalized spacial score (nSPS) is 10.2. The van der Waals surface area contributed by atoms with Gasteiger partial charge in [0.05, 0.1) is 0 Å². The minimum atomic E-state index is -0.772. The van der Waals surface area contributed by atoms with Crippen molar-refractivity contribution in [3.05, 3.63) is 59.9 Å². The van der Waals surface area contributed by atoms with E-state index in [1.54, 1.807) is 6.07 Å². The number of para-hydroxylation sites is 1. The van der Waals surface area contributed by atoms with Crippen molar-refractivity contribution in [2.45, 2.75) is 0 Å². The van der Waals surface area contributed by atoms with Gasteiger partial charge in [-0.05, 0) is 12.1 Å². The van der Waals surface area contributed by atoms with E-state index in [0.717, 1.165) is 12.1 Å². The predicted molar refractivity (Wildman–Crippen MR) is 52.8 cm³/mol. The summed E-state index contributed by atoms with van der Waals surface area (Å²) in [5, 5.41) is 0. The van der Waals surface area contributed by atoms with Crippen molar-refractivity contribution in [1.29, 1.82) is 0 Å². The number of halogens is 3. The Morgan fingerprint density at radius 1 is 0.812 bits per heavy atom. The highest BCUT2D eigenvalue weighted by molar-refractivity contribution is 5.32. The average Bonchev–Trinajstić information content (AvgIpc) is 2.20. The van der Waals surface area contributed by atoms with E-state index in [4.69, 9.17) is 4.74 Å². The van der Waals surface area contributed by atoms with Gasteiger partial charge >= 0.3 is 0 Å². The van der Waals surface area contributed by atoms with Crippen LogP contribution in [0.1, 0.15) is 0 Å². The second-order valence-corrected chi connectivity index (χ2v) is 3.14. The van der Waals surface area contributed by atoms with Crippen molar-refractivity contribution in [1.82, 2.24) is 0 Å². The minimum Gasteiger partial charge on any atom is -0.454 e. The van der Waals surface area contributed by atoms with E-state index in [2.05, 4.69) is 0 Å². The van der Waals surface area contributed by atoms with Gasteiger partial charge in [-0.2, -0.15) is 0 Å². The predicted octanol–water partition coefficient (Wildman–Crippen LogP) is 3.90. The smallest absolute Gasteiger partial charge is 0.165 e. The Kier molecular flexibility index (Phi) is 2.81. The van der Waals surface area contributed by atoms with E-state index in [0.29, 0.717) is 6.07 Å². The minimum absolute atomic E-state index is 0.0764. The summed E-state index contributed by atoms with van der Waals surface area (Å²) in [6.07, 6.45) is 0. The quantitative estimate of drug-likeness (QED) is 0.751. The lowest BCUT2D eigenvalue weighted by atomic mass is 10.3. The standard InChI is InChI=1S/C12H7F3O/c13-8-5-9(14)7-10(6-8)16-12-4-2-1-3-11(12)15/h1-7H. The topological polar surface area (TPSA) is 9.23 Å². The third-order valence-electron chi connectivity index (χ3n) is 1.90. The van der Waals surface area contributed by atoms with Crippen LogP contribution in [-0.4, -0.2) is 0 Å². The van der Waals surface area contributed by atoms with Crippen LogP contribution in [0.15, 0.2) is 42.5 Å². The van der Waals surface area contributed by atoms with Gasteiger partial charge in [0.1, 0.15) is 17.4 Å². The average molecular weight is 224 g/mol. The van der Waals surface area contributed by atoms with Gasteiger partial charge in [-0.15, -0.1) is 0 Å². The fourth-order valence-corrected chi connectivity index (χ4v) is 1.24. The molecule has 0 radical (unpaired) electrons. The third kappa shape index (κ3) is 2.34. The first kappa shape index (κ1) is 10.5. The number of hydrogen-bond donors (Lipinski definition) is 0. The Bertz CT molecular complexity index is 491. The van der Waals surface area contributed by atoms with Crippen LogP contribution < -0.4 is 4.74 Å². The molecule has 2 rings (SSSR count). The van der Waals surface area contributed by atoms with E-state index < -0.39 is 17.5 Å². The summed E-state index contributed by atoms with van der Waals surface area (Å²) in [6.45, 7) is 0. The van der Waals surface area contributed by atoms with Crippen LogP contribution in [0.3, 0.4) is 0 Å². The maximum absolute atomic E-state index is 13.2. The molecule has 0 unspecified atom stereocenters. The highest BCUT2D eigenvalue weighted by atomic mass is 19.1. The van der Waals surface area contributed by atoms with Crippen molar-refractivity contribution in [2.24, 2.45) is 0 Å². The molecule has 0 N–H and O–H groups in total. The molecule has 16 heavy (non-hydrogen) atoms. The molecule has 0 aliphatic carbocycles. The molecule has 0 atom stereocenters. The van der Waals surface area contributed by atoms with Crippen molar-refractivity contribution in [3.8, 4) is 11.5 Å². The van der Waals surface area contributed by atoms with E-state index in [1.807, 2.05) is 0 Å². The molecule has 0 aliphatic rings. The van der Waals surface area contributed by atoms with Crippen LogP contribution >= 0.6 is 0 Å². The zero-order valence-electron chi connectivity index (χ0n) is 8.08. The fourth-order valence-electron chi connectivity index (χ4n) is 1.24. The van der Waals surface area contributed by atoms with Crippen molar-refractivity contribution >= 4 is 0 Å². The molecule has 1 nitrogen and oxygen atoms in total. The van der Waals surface area contributed by atoms with E-state index in [-0.39, 0.29) is 11.5 Å². The first-order valence-electron chi connectivity index (χ1n) is 4.53. The van der Waals surface area contributed by atoms with Crippen molar-refractivity contribution in [3.63, 3.8) is 0 Å².